The summed E-state index contributed by atoms with van der Waals surface area (Å²) in [4.78, 5) is 0.194. The Kier molecular flexibility index (Phi) is 4.13. The zero-order valence-corrected chi connectivity index (χ0v) is 12.1. The summed E-state index contributed by atoms with van der Waals surface area (Å²) in [6, 6.07) is 6.68. The molecule has 0 spiro atoms. The van der Waals surface area contributed by atoms with Crippen LogP contribution in [0.3, 0.4) is 0 Å². The van der Waals surface area contributed by atoms with E-state index in [1.54, 1.807) is 24.3 Å². The second-order valence-corrected chi connectivity index (χ2v) is 7.11. The molecule has 1 aromatic carbocycles. The third kappa shape index (κ3) is 2.91. The Bertz CT molecular complexity index is 543. The molecule has 106 valence electrons. The van der Waals surface area contributed by atoms with Gasteiger partial charge in [0.25, 0.3) is 0 Å². The minimum absolute atomic E-state index is 0.0184. The molecule has 19 heavy (non-hydrogen) atoms. The van der Waals surface area contributed by atoms with E-state index in [4.69, 9.17) is 10.5 Å². The minimum Gasteiger partial charge on any atom is -0.487 e. The van der Waals surface area contributed by atoms with Crippen molar-refractivity contribution < 1.29 is 13.2 Å². The number of ether oxygens (including phenoxy) is 1. The Morgan fingerprint density at radius 1 is 1.26 bits per heavy atom. The summed E-state index contributed by atoms with van der Waals surface area (Å²) in [5.74, 6) is 0.388. The van der Waals surface area contributed by atoms with Gasteiger partial charge in [0.2, 0.25) is 10.0 Å². The molecular weight excluding hydrogens is 264 g/mol. The van der Waals surface area contributed by atoms with Gasteiger partial charge in [0.1, 0.15) is 16.7 Å². The summed E-state index contributed by atoms with van der Waals surface area (Å²) in [5.41, 5.74) is 5.96. The van der Waals surface area contributed by atoms with Gasteiger partial charge in [0.15, 0.2) is 0 Å². The second-order valence-electron chi connectivity index (χ2n) is 4.99. The normalized spacial score (nSPS) is 23.8. The lowest BCUT2D eigenvalue weighted by molar-refractivity contribution is 0.186. The molecule has 5 nitrogen and oxygen atoms in total. The van der Waals surface area contributed by atoms with E-state index in [0.717, 1.165) is 19.3 Å². The van der Waals surface area contributed by atoms with Crippen LogP contribution < -0.4 is 10.5 Å². The molecule has 0 heterocycles. The molecule has 0 radical (unpaired) electrons. The Morgan fingerprint density at radius 3 is 2.53 bits per heavy atom. The molecule has 6 heteroatoms. The first-order valence-corrected chi connectivity index (χ1v) is 7.80. The molecule has 0 bridgehead atoms. The standard InChI is InChI=1S/C13H20N2O3S/c1-15(2)19(16,17)13-9-4-3-7-12(13)18-11-8-5-6-10(11)14/h3-4,7,9-11H,5-6,8,14H2,1-2H3. The van der Waals surface area contributed by atoms with Gasteiger partial charge in [0, 0.05) is 20.1 Å². The van der Waals surface area contributed by atoms with E-state index in [2.05, 4.69) is 0 Å². The fourth-order valence-corrected chi connectivity index (χ4v) is 3.24. The van der Waals surface area contributed by atoms with Gasteiger partial charge in [-0.3, -0.25) is 0 Å². The molecule has 0 saturated heterocycles. The molecule has 0 amide bonds. The first-order valence-electron chi connectivity index (χ1n) is 6.36. The van der Waals surface area contributed by atoms with Crippen LogP contribution in [0, 0.1) is 0 Å². The highest BCUT2D eigenvalue weighted by Crippen LogP contribution is 2.29. The van der Waals surface area contributed by atoms with Crippen molar-refractivity contribution in [2.75, 3.05) is 14.1 Å². The molecule has 1 aliphatic carbocycles. The average Bonchev–Trinajstić information content (AvgIpc) is 2.75. The van der Waals surface area contributed by atoms with Gasteiger partial charge in [-0.05, 0) is 31.4 Å². The lowest BCUT2D eigenvalue weighted by atomic mass is 10.2. The van der Waals surface area contributed by atoms with Crippen molar-refractivity contribution in [2.24, 2.45) is 5.73 Å². The molecule has 1 aromatic rings. The molecule has 2 atom stereocenters. The summed E-state index contributed by atoms with van der Waals surface area (Å²) < 4.78 is 31.5. The van der Waals surface area contributed by atoms with Gasteiger partial charge in [-0.2, -0.15) is 0 Å². The van der Waals surface area contributed by atoms with Crippen molar-refractivity contribution in [1.82, 2.24) is 4.31 Å². The number of nitrogens with zero attached hydrogens (tertiary/aromatic N) is 1. The van der Waals surface area contributed by atoms with Crippen LogP contribution in [0.25, 0.3) is 0 Å². The highest BCUT2D eigenvalue weighted by Gasteiger charge is 2.28. The molecule has 1 saturated carbocycles. The fraction of sp³-hybridized carbons (Fsp3) is 0.538. The van der Waals surface area contributed by atoms with Crippen LogP contribution in [-0.2, 0) is 10.0 Å². The van der Waals surface area contributed by atoms with Crippen LogP contribution in [0.4, 0.5) is 0 Å². The van der Waals surface area contributed by atoms with E-state index in [1.807, 2.05) is 0 Å². The van der Waals surface area contributed by atoms with Crippen LogP contribution in [0.5, 0.6) is 5.75 Å². The molecule has 1 fully saturated rings. The SMILES string of the molecule is CN(C)S(=O)(=O)c1ccccc1OC1CCCC1N. The lowest BCUT2D eigenvalue weighted by Gasteiger charge is -2.21. The van der Waals surface area contributed by atoms with Gasteiger partial charge in [-0.25, -0.2) is 12.7 Å². The number of hydrogen-bond donors (Lipinski definition) is 1. The maximum Gasteiger partial charge on any atom is 0.246 e. The molecule has 2 unspecified atom stereocenters. The fourth-order valence-electron chi connectivity index (χ4n) is 2.22. The third-order valence-corrected chi connectivity index (χ3v) is 5.24. The summed E-state index contributed by atoms with van der Waals surface area (Å²) in [5, 5.41) is 0. The van der Waals surface area contributed by atoms with E-state index in [1.165, 1.54) is 18.4 Å². The summed E-state index contributed by atoms with van der Waals surface area (Å²) in [7, 11) is -0.484. The summed E-state index contributed by atoms with van der Waals surface area (Å²) in [6.07, 6.45) is 2.72. The van der Waals surface area contributed by atoms with Crippen molar-refractivity contribution in [1.29, 1.82) is 0 Å². The predicted molar refractivity (Wildman–Crippen MR) is 73.6 cm³/mol. The number of para-hydroxylation sites is 1. The van der Waals surface area contributed by atoms with E-state index in [9.17, 15) is 8.42 Å². The highest BCUT2D eigenvalue weighted by atomic mass is 32.2. The number of rotatable bonds is 4. The molecule has 0 aliphatic heterocycles. The number of benzene rings is 1. The monoisotopic (exact) mass is 284 g/mol. The largest absolute Gasteiger partial charge is 0.487 e. The van der Waals surface area contributed by atoms with Crippen molar-refractivity contribution in [3.63, 3.8) is 0 Å². The lowest BCUT2D eigenvalue weighted by Crippen LogP contribution is -2.34. The zero-order valence-electron chi connectivity index (χ0n) is 11.2. The van der Waals surface area contributed by atoms with Crippen molar-refractivity contribution >= 4 is 10.0 Å². The van der Waals surface area contributed by atoms with E-state index in [-0.39, 0.29) is 17.0 Å². The average molecular weight is 284 g/mol. The van der Waals surface area contributed by atoms with E-state index < -0.39 is 10.0 Å². The van der Waals surface area contributed by atoms with E-state index in [0.29, 0.717) is 5.75 Å². The zero-order chi connectivity index (χ0) is 14.0. The van der Waals surface area contributed by atoms with Gasteiger partial charge in [-0.1, -0.05) is 12.1 Å². The maximum atomic E-state index is 12.2. The first-order chi connectivity index (χ1) is 8.93. The topological polar surface area (TPSA) is 72.6 Å². The van der Waals surface area contributed by atoms with Gasteiger partial charge >= 0.3 is 0 Å². The Morgan fingerprint density at radius 2 is 1.95 bits per heavy atom. The van der Waals surface area contributed by atoms with Gasteiger partial charge in [0.05, 0.1) is 0 Å². The van der Waals surface area contributed by atoms with Gasteiger partial charge in [-0.15, -0.1) is 0 Å². The number of hydrogen-bond acceptors (Lipinski definition) is 4. The first kappa shape index (κ1) is 14.3. The molecule has 2 N–H and O–H groups in total. The second kappa shape index (κ2) is 5.48. The Labute approximate surface area is 114 Å². The van der Waals surface area contributed by atoms with Crippen molar-refractivity contribution in [3.05, 3.63) is 24.3 Å². The van der Waals surface area contributed by atoms with Crippen LogP contribution >= 0.6 is 0 Å². The van der Waals surface area contributed by atoms with E-state index >= 15 is 0 Å². The highest BCUT2D eigenvalue weighted by molar-refractivity contribution is 7.89. The van der Waals surface area contributed by atoms with Crippen LogP contribution in [-0.4, -0.2) is 39.0 Å². The van der Waals surface area contributed by atoms with Crippen molar-refractivity contribution in [2.45, 2.75) is 36.3 Å². The van der Waals surface area contributed by atoms with Crippen molar-refractivity contribution in [3.8, 4) is 5.75 Å². The molecule has 2 rings (SSSR count). The third-order valence-electron chi connectivity index (χ3n) is 3.39. The van der Waals surface area contributed by atoms with Crippen LogP contribution in [0.15, 0.2) is 29.2 Å². The minimum atomic E-state index is -3.50. The number of sulfonamides is 1. The molecular formula is C13H20N2O3S. The molecule has 1 aliphatic rings. The molecule has 0 aromatic heterocycles. The van der Waals surface area contributed by atoms with Gasteiger partial charge < -0.3 is 10.5 Å². The Balaban J connectivity index is 2.32. The Hall–Kier alpha value is -1.11. The smallest absolute Gasteiger partial charge is 0.246 e. The van der Waals surface area contributed by atoms with Crippen LogP contribution in [0.1, 0.15) is 19.3 Å². The summed E-state index contributed by atoms with van der Waals surface area (Å²) >= 11 is 0. The summed E-state index contributed by atoms with van der Waals surface area (Å²) in [6.45, 7) is 0. The van der Waals surface area contributed by atoms with Crippen LogP contribution in [0.2, 0.25) is 0 Å². The quantitative estimate of drug-likeness (QED) is 0.901. The number of nitrogens with two attached hydrogens (primary N) is 1. The predicted octanol–water partition coefficient (Wildman–Crippen LogP) is 1.20. The maximum absolute atomic E-state index is 12.2.